The van der Waals surface area contributed by atoms with Gasteiger partial charge in [-0.2, -0.15) is 0 Å². The van der Waals surface area contributed by atoms with Gasteiger partial charge in [0, 0.05) is 0 Å². The summed E-state index contributed by atoms with van der Waals surface area (Å²) in [6, 6.07) is 0. The molecule has 0 aliphatic heterocycles. The predicted octanol–water partition coefficient (Wildman–Crippen LogP) is 2.89. The Kier molecular flexibility index (Phi) is 5.04. The van der Waals surface area contributed by atoms with Crippen molar-refractivity contribution in [3.63, 3.8) is 0 Å². The van der Waals surface area contributed by atoms with Gasteiger partial charge in [0.05, 0.1) is 0 Å². The molecule has 0 spiro atoms. The molecule has 0 bridgehead atoms. The minimum atomic E-state index is -0.295. The Morgan fingerprint density at radius 2 is 2.54 bits per heavy atom. The van der Waals surface area contributed by atoms with Crippen LogP contribution in [0, 0.1) is 0 Å². The van der Waals surface area contributed by atoms with Crippen LogP contribution in [0.1, 0.15) is 26.2 Å². The molecule has 0 fully saturated rings. The second-order valence-electron chi connectivity index (χ2n) is 2.88. The molecule has 13 heavy (non-hydrogen) atoms. The number of hydrogen-bond acceptors (Lipinski definition) is 1. The average molecular weight is 350 g/mol. The van der Waals surface area contributed by atoms with Crippen molar-refractivity contribution in [2.75, 3.05) is 0 Å². The first-order valence-corrected chi connectivity index (χ1v) is 7.38. The van der Waals surface area contributed by atoms with Crippen LogP contribution in [0.4, 0.5) is 0 Å². The summed E-state index contributed by atoms with van der Waals surface area (Å²) in [6.07, 6.45) is 11.7. The molecule has 1 atom stereocenters. The van der Waals surface area contributed by atoms with Crippen LogP contribution in [0.25, 0.3) is 0 Å². The number of rotatable bonds is 6. The number of nitrogens with zero attached hydrogens (tertiary/aromatic N) is 2. The van der Waals surface area contributed by atoms with Gasteiger partial charge in [-0.3, -0.25) is 0 Å². The molecule has 0 amide bonds. The van der Waals surface area contributed by atoms with Crippen molar-refractivity contribution < 1.29 is 18.2 Å². The fourth-order valence-corrected chi connectivity index (χ4v) is 4.30. The third kappa shape index (κ3) is 3.89. The average Bonchev–Trinajstić information content (AvgIpc) is 2.64. The van der Waals surface area contributed by atoms with Gasteiger partial charge in [-0.05, 0) is 0 Å². The summed E-state index contributed by atoms with van der Waals surface area (Å²) in [5.41, 5.74) is 0. The maximum absolute atomic E-state index is 4.07. The van der Waals surface area contributed by atoms with Gasteiger partial charge in [-0.15, -0.1) is 0 Å². The van der Waals surface area contributed by atoms with Gasteiger partial charge in [-0.25, -0.2) is 0 Å². The SMILES string of the molecule is C=CCC[CH](CC)[Re][n]1ccnc1. The van der Waals surface area contributed by atoms with Crippen molar-refractivity contribution in [3.05, 3.63) is 31.4 Å². The summed E-state index contributed by atoms with van der Waals surface area (Å²) in [4.78, 5) is 4.07. The second-order valence-corrected chi connectivity index (χ2v) is 7.20. The molecule has 73 valence electrons. The normalized spacial score (nSPS) is 12.7. The van der Waals surface area contributed by atoms with E-state index in [1.807, 2.05) is 18.6 Å². The molecule has 1 heterocycles. The number of allylic oxidation sites excluding steroid dienone is 1. The fraction of sp³-hybridized carbons (Fsp3) is 0.500. The molecule has 0 aliphatic carbocycles. The summed E-state index contributed by atoms with van der Waals surface area (Å²) in [5.74, 6) is 0. The zero-order chi connectivity index (χ0) is 9.52. The summed E-state index contributed by atoms with van der Waals surface area (Å²) >= 11 is -0.295. The van der Waals surface area contributed by atoms with Crippen molar-refractivity contribution in [3.8, 4) is 0 Å². The molecular formula is C10H16N2Re. The third-order valence-corrected chi connectivity index (χ3v) is 6.26. The number of aromatic nitrogens is 2. The number of hydrogen-bond donors (Lipinski definition) is 0. The summed E-state index contributed by atoms with van der Waals surface area (Å²) < 4.78 is 3.21. The van der Waals surface area contributed by atoms with Gasteiger partial charge in [0.15, 0.2) is 0 Å². The molecule has 0 saturated heterocycles. The Labute approximate surface area is 88.5 Å². The summed E-state index contributed by atoms with van der Waals surface area (Å²) in [6.45, 7) is 6.04. The van der Waals surface area contributed by atoms with Crippen LogP contribution in [0.15, 0.2) is 31.4 Å². The maximum atomic E-state index is 4.07. The Morgan fingerprint density at radius 3 is 3.08 bits per heavy atom. The molecule has 0 saturated carbocycles. The van der Waals surface area contributed by atoms with E-state index in [2.05, 4.69) is 27.9 Å². The van der Waals surface area contributed by atoms with E-state index in [1.165, 1.54) is 12.8 Å². The van der Waals surface area contributed by atoms with E-state index in [1.54, 1.807) is 0 Å². The van der Waals surface area contributed by atoms with Gasteiger partial charge >= 0.3 is 88.4 Å². The van der Waals surface area contributed by atoms with Crippen LogP contribution in [-0.4, -0.2) is 8.18 Å². The van der Waals surface area contributed by atoms with E-state index in [0.717, 1.165) is 10.8 Å². The zero-order valence-electron chi connectivity index (χ0n) is 7.99. The Morgan fingerprint density at radius 1 is 1.69 bits per heavy atom. The van der Waals surface area contributed by atoms with E-state index in [0.29, 0.717) is 0 Å². The molecule has 1 rings (SSSR count). The van der Waals surface area contributed by atoms with Gasteiger partial charge < -0.3 is 0 Å². The molecule has 2 nitrogen and oxygen atoms in total. The Hall–Kier alpha value is -0.388. The second kappa shape index (κ2) is 6.12. The van der Waals surface area contributed by atoms with Crippen molar-refractivity contribution in [2.24, 2.45) is 0 Å². The standard InChI is InChI=1S/C7H13.C3H3N2.Re/c1-3-5-7-6-4-2;1-2-5-3-4-1;/h3,6H,1,4-5,7H2,2H3;1-3H;/q;-1;+1. The van der Waals surface area contributed by atoms with Gasteiger partial charge in [0.1, 0.15) is 0 Å². The van der Waals surface area contributed by atoms with Crippen LogP contribution in [-0.2, 0) is 18.2 Å². The first-order valence-electron chi connectivity index (χ1n) is 4.59. The molecule has 1 aromatic heterocycles. The van der Waals surface area contributed by atoms with Crippen molar-refractivity contribution >= 4 is 0 Å². The van der Waals surface area contributed by atoms with Crippen LogP contribution in [0.3, 0.4) is 0 Å². The van der Waals surface area contributed by atoms with Crippen molar-refractivity contribution in [2.45, 2.75) is 30.6 Å². The Bertz CT molecular complexity index is 231. The molecule has 0 radical (unpaired) electrons. The van der Waals surface area contributed by atoms with Crippen LogP contribution in [0.5, 0.6) is 0 Å². The predicted molar refractivity (Wildman–Crippen MR) is 51.1 cm³/mol. The van der Waals surface area contributed by atoms with E-state index in [9.17, 15) is 0 Å². The molecule has 0 aromatic carbocycles. The minimum absolute atomic E-state index is 0.295. The molecule has 0 aliphatic rings. The Balaban J connectivity index is 2.35. The topological polar surface area (TPSA) is 17.8 Å². The monoisotopic (exact) mass is 351 g/mol. The summed E-state index contributed by atoms with van der Waals surface area (Å²) in [7, 11) is 0. The van der Waals surface area contributed by atoms with Crippen LogP contribution < -0.4 is 0 Å². The third-order valence-electron chi connectivity index (χ3n) is 1.85. The fourth-order valence-electron chi connectivity index (χ4n) is 1.08. The first-order chi connectivity index (χ1) is 6.36. The molecular weight excluding hydrogens is 334 g/mol. The van der Waals surface area contributed by atoms with Crippen molar-refractivity contribution in [1.29, 1.82) is 0 Å². The molecule has 1 aromatic rings. The van der Waals surface area contributed by atoms with E-state index >= 15 is 0 Å². The van der Waals surface area contributed by atoms with E-state index < -0.39 is 0 Å². The molecule has 3 heteroatoms. The van der Waals surface area contributed by atoms with Crippen LogP contribution in [0.2, 0.25) is 4.39 Å². The molecule has 1 unspecified atom stereocenters. The van der Waals surface area contributed by atoms with Crippen LogP contribution >= 0.6 is 0 Å². The number of imidazole rings is 1. The zero-order valence-corrected chi connectivity index (χ0v) is 10.7. The van der Waals surface area contributed by atoms with E-state index in [4.69, 9.17) is 0 Å². The van der Waals surface area contributed by atoms with Gasteiger partial charge in [-0.1, -0.05) is 0 Å². The van der Waals surface area contributed by atoms with Crippen molar-refractivity contribution in [1.82, 2.24) is 8.18 Å². The molecule has 0 N–H and O–H groups in total. The first kappa shape index (κ1) is 10.7. The summed E-state index contributed by atoms with van der Waals surface area (Å²) in [5, 5.41) is 0. The van der Waals surface area contributed by atoms with E-state index in [-0.39, 0.29) is 18.2 Å². The van der Waals surface area contributed by atoms with Gasteiger partial charge in [0.25, 0.3) is 0 Å². The van der Waals surface area contributed by atoms with Gasteiger partial charge in [0.2, 0.25) is 0 Å². The quantitative estimate of drug-likeness (QED) is 0.722.